The Hall–Kier alpha value is -2.07. The SMILES string of the molecule is CC(C)C[C@H](NC(=O)C1(NC(=O)c2ccccc2C(F)(F)F)CC1)B1O[C@@H]2C[C@@H]3C[C@@H](C3(C)C)[C@]2(C)O1. The van der Waals surface area contributed by atoms with Crippen molar-refractivity contribution in [3.8, 4) is 0 Å². The van der Waals surface area contributed by atoms with Crippen LogP contribution >= 0.6 is 0 Å². The van der Waals surface area contributed by atoms with Crippen molar-refractivity contribution in [3.05, 3.63) is 35.4 Å². The standard InChI is InChI=1S/C27H36BF3N2O4/c1-15(2)12-21(28-36-20-14-16-13-19(24(16,3)4)25(20,5)37-28)32-23(35)26(10-11-26)33-22(34)17-8-6-7-9-18(17)27(29,30)31/h6-9,15-16,19-21H,10-14H2,1-5H3,(H,32,35)(H,33,34)/t16-,19-,20+,21-,25-/m0/s1. The molecule has 5 atom stereocenters. The summed E-state index contributed by atoms with van der Waals surface area (Å²) in [6, 6.07) is 4.61. The second kappa shape index (κ2) is 8.73. The van der Waals surface area contributed by atoms with Crippen LogP contribution in [0.5, 0.6) is 0 Å². The molecule has 2 amide bonds. The fraction of sp³-hybridized carbons (Fsp3) is 0.704. The fourth-order valence-corrected chi connectivity index (χ4v) is 6.87. The Balaban J connectivity index is 1.30. The van der Waals surface area contributed by atoms with Crippen molar-refractivity contribution in [1.29, 1.82) is 0 Å². The van der Waals surface area contributed by atoms with Crippen LogP contribution in [0.25, 0.3) is 0 Å². The molecule has 1 aliphatic heterocycles. The van der Waals surface area contributed by atoms with Gasteiger partial charge in [-0.05, 0) is 74.3 Å². The zero-order valence-electron chi connectivity index (χ0n) is 22.1. The highest BCUT2D eigenvalue weighted by Crippen LogP contribution is 2.65. The first-order valence-electron chi connectivity index (χ1n) is 13.3. The fourth-order valence-electron chi connectivity index (χ4n) is 6.87. The maximum atomic E-state index is 13.4. The highest BCUT2D eigenvalue weighted by atomic mass is 19.4. The van der Waals surface area contributed by atoms with Crippen LogP contribution in [0.3, 0.4) is 0 Å². The molecule has 4 saturated carbocycles. The number of hydrogen-bond acceptors (Lipinski definition) is 4. The lowest BCUT2D eigenvalue weighted by atomic mass is 9.43. The monoisotopic (exact) mass is 520 g/mol. The number of alkyl halides is 3. The molecule has 1 heterocycles. The Labute approximate surface area is 216 Å². The predicted octanol–water partition coefficient (Wildman–Crippen LogP) is 4.77. The zero-order chi connectivity index (χ0) is 27.0. The predicted molar refractivity (Wildman–Crippen MR) is 132 cm³/mol. The summed E-state index contributed by atoms with van der Waals surface area (Å²) in [6.07, 6.45) is -1.33. The summed E-state index contributed by atoms with van der Waals surface area (Å²) in [5, 5.41) is 5.64. The number of halogens is 3. The smallest absolute Gasteiger partial charge is 0.404 e. The summed E-state index contributed by atoms with van der Waals surface area (Å²) in [5.41, 5.74) is -2.98. The number of rotatable bonds is 7. The van der Waals surface area contributed by atoms with E-state index in [2.05, 4.69) is 31.4 Å². The number of amides is 2. The van der Waals surface area contributed by atoms with Crippen LogP contribution in [-0.2, 0) is 20.3 Å². The van der Waals surface area contributed by atoms with E-state index in [1.54, 1.807) is 0 Å². The molecule has 10 heteroatoms. The zero-order valence-corrected chi connectivity index (χ0v) is 22.1. The second-order valence-corrected chi connectivity index (χ2v) is 12.6. The van der Waals surface area contributed by atoms with Gasteiger partial charge in [0.05, 0.1) is 28.8 Å². The average Bonchev–Trinajstić information content (AvgIpc) is 3.49. The highest BCUT2D eigenvalue weighted by molar-refractivity contribution is 6.48. The second-order valence-electron chi connectivity index (χ2n) is 12.6. The van der Waals surface area contributed by atoms with Gasteiger partial charge in [0.15, 0.2) is 0 Å². The van der Waals surface area contributed by atoms with Gasteiger partial charge in [-0.15, -0.1) is 0 Å². The van der Waals surface area contributed by atoms with Crippen molar-refractivity contribution in [2.75, 3.05) is 0 Å². The van der Waals surface area contributed by atoms with Gasteiger partial charge in [-0.2, -0.15) is 13.2 Å². The van der Waals surface area contributed by atoms with Crippen molar-refractivity contribution >= 4 is 18.9 Å². The Bertz CT molecular complexity index is 1090. The first kappa shape index (κ1) is 26.5. The van der Waals surface area contributed by atoms with E-state index < -0.39 is 53.3 Å². The van der Waals surface area contributed by atoms with E-state index in [4.69, 9.17) is 9.31 Å². The number of carbonyl (C=O) groups is 2. The van der Waals surface area contributed by atoms with Gasteiger partial charge in [0.2, 0.25) is 5.91 Å². The summed E-state index contributed by atoms with van der Waals surface area (Å²) in [7, 11) is -0.617. The molecule has 0 aromatic heterocycles. The molecule has 202 valence electrons. The minimum Gasteiger partial charge on any atom is -0.404 e. The Kier molecular flexibility index (Phi) is 6.26. The third-order valence-corrected chi connectivity index (χ3v) is 9.35. The van der Waals surface area contributed by atoms with Gasteiger partial charge in [-0.1, -0.05) is 39.8 Å². The topological polar surface area (TPSA) is 76.7 Å². The largest absolute Gasteiger partial charge is 0.481 e. The van der Waals surface area contributed by atoms with Crippen molar-refractivity contribution in [2.24, 2.45) is 23.2 Å². The van der Waals surface area contributed by atoms with Crippen LogP contribution in [0.1, 0.15) is 82.6 Å². The molecular formula is C27H36BF3N2O4. The normalized spacial score (nSPS) is 31.8. The molecule has 1 aromatic rings. The van der Waals surface area contributed by atoms with E-state index in [1.807, 2.05) is 13.8 Å². The van der Waals surface area contributed by atoms with Crippen molar-refractivity contribution in [3.63, 3.8) is 0 Å². The Morgan fingerprint density at radius 2 is 1.81 bits per heavy atom. The van der Waals surface area contributed by atoms with Crippen LogP contribution in [0, 0.1) is 23.2 Å². The molecule has 5 fully saturated rings. The van der Waals surface area contributed by atoms with E-state index in [-0.39, 0.29) is 17.4 Å². The first-order valence-corrected chi connectivity index (χ1v) is 13.3. The van der Waals surface area contributed by atoms with E-state index in [0.717, 1.165) is 25.0 Å². The van der Waals surface area contributed by atoms with Gasteiger partial charge in [0.1, 0.15) is 5.54 Å². The Morgan fingerprint density at radius 3 is 2.41 bits per heavy atom. The summed E-state index contributed by atoms with van der Waals surface area (Å²) in [4.78, 5) is 26.3. The van der Waals surface area contributed by atoms with E-state index in [0.29, 0.717) is 31.1 Å². The van der Waals surface area contributed by atoms with Gasteiger partial charge < -0.3 is 19.9 Å². The van der Waals surface area contributed by atoms with E-state index in [1.165, 1.54) is 12.1 Å². The van der Waals surface area contributed by atoms with Crippen LogP contribution in [0.15, 0.2) is 24.3 Å². The minimum absolute atomic E-state index is 0.0331. The van der Waals surface area contributed by atoms with Crippen molar-refractivity contribution in [1.82, 2.24) is 10.6 Å². The summed E-state index contributed by atoms with van der Waals surface area (Å²) in [5.74, 6) is -0.538. The van der Waals surface area contributed by atoms with Crippen LogP contribution in [0.4, 0.5) is 13.2 Å². The lowest BCUT2D eigenvalue weighted by molar-refractivity contribution is -0.199. The molecule has 6 rings (SSSR count). The average molecular weight is 520 g/mol. The van der Waals surface area contributed by atoms with Gasteiger partial charge in [-0.3, -0.25) is 9.59 Å². The molecule has 4 aliphatic carbocycles. The third kappa shape index (κ3) is 4.48. The molecule has 37 heavy (non-hydrogen) atoms. The van der Waals surface area contributed by atoms with Crippen LogP contribution in [0.2, 0.25) is 0 Å². The lowest BCUT2D eigenvalue weighted by Crippen LogP contribution is -2.65. The van der Waals surface area contributed by atoms with Gasteiger partial charge in [0.25, 0.3) is 5.91 Å². The molecule has 5 aliphatic rings. The molecule has 6 nitrogen and oxygen atoms in total. The summed E-state index contributed by atoms with van der Waals surface area (Å²) < 4.78 is 53.3. The number of benzene rings is 1. The maximum absolute atomic E-state index is 13.4. The molecule has 1 saturated heterocycles. The molecular weight excluding hydrogens is 484 g/mol. The van der Waals surface area contributed by atoms with Crippen LogP contribution in [-0.4, -0.2) is 42.1 Å². The molecule has 0 spiro atoms. The quantitative estimate of drug-likeness (QED) is 0.509. The number of hydrogen-bond donors (Lipinski definition) is 2. The van der Waals surface area contributed by atoms with Crippen LogP contribution < -0.4 is 10.6 Å². The Morgan fingerprint density at radius 1 is 1.14 bits per heavy atom. The molecule has 2 N–H and O–H groups in total. The molecule has 1 aromatic carbocycles. The van der Waals surface area contributed by atoms with E-state index in [9.17, 15) is 22.8 Å². The van der Waals surface area contributed by atoms with E-state index >= 15 is 0 Å². The van der Waals surface area contributed by atoms with Gasteiger partial charge >= 0.3 is 13.3 Å². The van der Waals surface area contributed by atoms with Crippen molar-refractivity contribution < 1.29 is 32.1 Å². The third-order valence-electron chi connectivity index (χ3n) is 9.35. The first-order chi connectivity index (χ1) is 17.2. The minimum atomic E-state index is -4.67. The molecule has 0 radical (unpaired) electrons. The summed E-state index contributed by atoms with van der Waals surface area (Å²) in [6.45, 7) is 10.8. The number of nitrogens with one attached hydrogen (secondary N) is 2. The van der Waals surface area contributed by atoms with Gasteiger partial charge in [-0.25, -0.2) is 0 Å². The lowest BCUT2D eigenvalue weighted by Gasteiger charge is -2.64. The molecule has 0 unspecified atom stereocenters. The molecule has 2 bridgehead atoms. The van der Waals surface area contributed by atoms with Gasteiger partial charge in [0, 0.05) is 0 Å². The number of carbonyl (C=O) groups excluding carboxylic acids is 2. The maximum Gasteiger partial charge on any atom is 0.481 e. The summed E-state index contributed by atoms with van der Waals surface area (Å²) >= 11 is 0. The van der Waals surface area contributed by atoms with Crippen molar-refractivity contribution in [2.45, 2.75) is 96.1 Å². The highest BCUT2D eigenvalue weighted by Gasteiger charge is 2.68.